The van der Waals surface area contributed by atoms with E-state index in [1.54, 1.807) is 72.8 Å². The minimum absolute atomic E-state index is 0.0779. The zero-order valence-electron chi connectivity index (χ0n) is 26.6. The summed E-state index contributed by atoms with van der Waals surface area (Å²) in [6.45, 7) is 2.40. The van der Waals surface area contributed by atoms with Gasteiger partial charge in [-0.3, -0.25) is 14.4 Å². The average molecular weight is 651 g/mol. The number of esters is 1. The van der Waals surface area contributed by atoms with Crippen molar-refractivity contribution in [2.45, 2.75) is 24.7 Å². The normalized spacial score (nSPS) is 10.9. The van der Waals surface area contributed by atoms with Gasteiger partial charge in [0.1, 0.15) is 5.70 Å². The number of carbonyl (C=O) groups excluding carboxylic acids is 4. The molecule has 4 aromatic rings. The quantitative estimate of drug-likeness (QED) is 0.0592. The van der Waals surface area contributed by atoms with Crippen molar-refractivity contribution in [3.05, 3.63) is 126 Å². The number of benzene rings is 4. The van der Waals surface area contributed by atoms with Crippen LogP contribution in [0.1, 0.15) is 46.0 Å². The predicted octanol–water partition coefficient (Wildman–Crippen LogP) is 6.85. The van der Waals surface area contributed by atoms with Gasteiger partial charge < -0.3 is 25.6 Å². The van der Waals surface area contributed by atoms with Gasteiger partial charge in [-0.25, -0.2) is 4.79 Å². The lowest BCUT2D eigenvalue weighted by Crippen LogP contribution is -2.30. The van der Waals surface area contributed by atoms with Gasteiger partial charge in [0.15, 0.2) is 0 Å². The van der Waals surface area contributed by atoms with Crippen LogP contribution in [-0.4, -0.2) is 50.1 Å². The average Bonchev–Trinajstić information content (AvgIpc) is 3.08. The van der Waals surface area contributed by atoms with Crippen molar-refractivity contribution in [1.82, 2.24) is 5.32 Å². The van der Waals surface area contributed by atoms with E-state index in [9.17, 15) is 19.2 Å². The van der Waals surface area contributed by atoms with E-state index in [2.05, 4.69) is 16.0 Å². The first-order valence-corrected chi connectivity index (χ1v) is 16.2. The summed E-state index contributed by atoms with van der Waals surface area (Å²) in [6.07, 6.45) is 3.38. The fourth-order valence-corrected chi connectivity index (χ4v) is 5.02. The monoisotopic (exact) mass is 650 g/mol. The Hall–Kier alpha value is -5.35. The molecule has 0 aliphatic carbocycles. The standard InChI is InChI=1S/C37H38N4O5S/c1-4-5-22-46-37(45)28-16-18-29(19-17-28)38-34(42)25-47-32-13-9-12-30(24-32)39-36(44)33(40-35(43)27-10-7-6-8-11-27)23-26-14-20-31(21-15-26)41(2)3/h6-21,23-24H,4-5,22,25H2,1-3H3,(H,38,42)(H,39,44)(H,40,43)/b33-23+. The lowest BCUT2D eigenvalue weighted by atomic mass is 10.1. The van der Waals surface area contributed by atoms with Crippen LogP contribution in [0.15, 0.2) is 114 Å². The molecule has 0 unspecified atom stereocenters. The Bertz CT molecular complexity index is 1710. The van der Waals surface area contributed by atoms with Crippen LogP contribution in [0.5, 0.6) is 0 Å². The summed E-state index contributed by atoms with van der Waals surface area (Å²) in [7, 11) is 3.88. The number of rotatable bonds is 14. The van der Waals surface area contributed by atoms with Crippen molar-refractivity contribution in [1.29, 1.82) is 0 Å². The molecule has 0 aliphatic heterocycles. The van der Waals surface area contributed by atoms with Gasteiger partial charge in [0, 0.05) is 41.6 Å². The summed E-state index contributed by atoms with van der Waals surface area (Å²) >= 11 is 1.31. The Morgan fingerprint density at radius 3 is 2.19 bits per heavy atom. The topological polar surface area (TPSA) is 117 Å². The first-order valence-electron chi connectivity index (χ1n) is 15.2. The van der Waals surface area contributed by atoms with Gasteiger partial charge in [0.25, 0.3) is 11.8 Å². The number of carbonyl (C=O) groups is 4. The van der Waals surface area contributed by atoms with Crippen molar-refractivity contribution in [2.75, 3.05) is 42.0 Å². The number of ether oxygens (including phenoxy) is 1. The molecule has 4 rings (SSSR count). The van der Waals surface area contributed by atoms with Gasteiger partial charge in [-0.15, -0.1) is 11.8 Å². The largest absolute Gasteiger partial charge is 0.462 e. The smallest absolute Gasteiger partial charge is 0.338 e. The predicted molar refractivity (Wildman–Crippen MR) is 189 cm³/mol. The lowest BCUT2D eigenvalue weighted by molar-refractivity contribution is -0.114. The van der Waals surface area contributed by atoms with E-state index >= 15 is 0 Å². The van der Waals surface area contributed by atoms with Crippen molar-refractivity contribution in [3.63, 3.8) is 0 Å². The fourth-order valence-electron chi connectivity index (χ4n) is 4.27. The van der Waals surface area contributed by atoms with E-state index in [1.807, 2.05) is 62.3 Å². The van der Waals surface area contributed by atoms with E-state index in [4.69, 9.17) is 4.74 Å². The van der Waals surface area contributed by atoms with Gasteiger partial charge in [-0.1, -0.05) is 49.7 Å². The van der Waals surface area contributed by atoms with E-state index in [-0.39, 0.29) is 17.4 Å². The maximum Gasteiger partial charge on any atom is 0.338 e. The van der Waals surface area contributed by atoms with Gasteiger partial charge in [0.05, 0.1) is 17.9 Å². The van der Waals surface area contributed by atoms with Crippen molar-refractivity contribution >= 4 is 58.6 Å². The molecular formula is C37H38N4O5S. The highest BCUT2D eigenvalue weighted by Gasteiger charge is 2.16. The molecule has 0 spiro atoms. The Morgan fingerprint density at radius 1 is 0.787 bits per heavy atom. The highest BCUT2D eigenvalue weighted by molar-refractivity contribution is 8.00. The van der Waals surface area contributed by atoms with Crippen LogP contribution in [-0.2, 0) is 14.3 Å². The van der Waals surface area contributed by atoms with Gasteiger partial charge >= 0.3 is 5.97 Å². The summed E-state index contributed by atoms with van der Waals surface area (Å²) in [6, 6.07) is 29.9. The molecule has 9 nitrogen and oxygen atoms in total. The molecular weight excluding hydrogens is 612 g/mol. The molecule has 10 heteroatoms. The van der Waals surface area contributed by atoms with Gasteiger partial charge in [0.2, 0.25) is 5.91 Å². The van der Waals surface area contributed by atoms with Crippen LogP contribution in [0.25, 0.3) is 6.08 Å². The van der Waals surface area contributed by atoms with Crippen LogP contribution in [0.4, 0.5) is 17.1 Å². The molecule has 0 saturated heterocycles. The number of hydrogen-bond acceptors (Lipinski definition) is 7. The molecule has 0 aromatic heterocycles. The number of nitrogens with one attached hydrogen (secondary N) is 3. The fraction of sp³-hybridized carbons (Fsp3) is 0.189. The third-order valence-corrected chi connectivity index (χ3v) is 7.84. The van der Waals surface area contributed by atoms with Crippen LogP contribution in [0, 0.1) is 0 Å². The zero-order chi connectivity index (χ0) is 33.6. The molecule has 3 amide bonds. The van der Waals surface area contributed by atoms with Crippen LogP contribution in [0.3, 0.4) is 0 Å². The number of amides is 3. The highest BCUT2D eigenvalue weighted by atomic mass is 32.2. The molecule has 0 heterocycles. The maximum absolute atomic E-state index is 13.5. The third-order valence-electron chi connectivity index (χ3n) is 6.85. The molecule has 0 radical (unpaired) electrons. The number of hydrogen-bond donors (Lipinski definition) is 3. The van der Waals surface area contributed by atoms with Crippen LogP contribution >= 0.6 is 11.8 Å². The summed E-state index contributed by atoms with van der Waals surface area (Å²) in [5.74, 6) is -1.40. The Balaban J connectivity index is 1.38. The number of thioether (sulfide) groups is 1. The molecule has 0 atom stereocenters. The number of unbranched alkanes of at least 4 members (excludes halogenated alkanes) is 1. The van der Waals surface area contributed by atoms with E-state index in [0.29, 0.717) is 29.1 Å². The van der Waals surface area contributed by atoms with E-state index < -0.39 is 17.8 Å². The molecule has 0 bridgehead atoms. The molecule has 0 aliphatic rings. The third kappa shape index (κ3) is 10.9. The molecule has 3 N–H and O–H groups in total. The SMILES string of the molecule is CCCCOC(=O)c1ccc(NC(=O)CSc2cccc(NC(=O)/C(=C\c3ccc(N(C)C)cc3)NC(=O)c3ccccc3)c2)cc1. The number of nitrogens with zero attached hydrogens (tertiary/aromatic N) is 1. The van der Waals surface area contributed by atoms with Crippen molar-refractivity contribution in [3.8, 4) is 0 Å². The van der Waals surface area contributed by atoms with Crippen molar-refractivity contribution < 1.29 is 23.9 Å². The molecule has 4 aromatic carbocycles. The summed E-state index contributed by atoms with van der Waals surface area (Å²) < 4.78 is 5.22. The van der Waals surface area contributed by atoms with Gasteiger partial charge in [-0.05, 0) is 84.8 Å². The highest BCUT2D eigenvalue weighted by Crippen LogP contribution is 2.23. The molecule has 0 fully saturated rings. The Morgan fingerprint density at radius 2 is 1.51 bits per heavy atom. The minimum atomic E-state index is -0.497. The van der Waals surface area contributed by atoms with Gasteiger partial charge in [-0.2, -0.15) is 0 Å². The summed E-state index contributed by atoms with van der Waals surface area (Å²) in [5, 5.41) is 8.44. The van der Waals surface area contributed by atoms with Crippen LogP contribution < -0.4 is 20.9 Å². The molecule has 242 valence electrons. The van der Waals surface area contributed by atoms with Crippen molar-refractivity contribution in [2.24, 2.45) is 0 Å². The lowest BCUT2D eigenvalue weighted by Gasteiger charge is -2.14. The second-order valence-corrected chi connectivity index (χ2v) is 11.8. The first-order chi connectivity index (χ1) is 22.7. The summed E-state index contributed by atoms with van der Waals surface area (Å²) in [5.41, 5.74) is 3.74. The number of anilines is 3. The van der Waals surface area contributed by atoms with E-state index in [1.165, 1.54) is 11.8 Å². The minimum Gasteiger partial charge on any atom is -0.462 e. The zero-order valence-corrected chi connectivity index (χ0v) is 27.4. The second-order valence-electron chi connectivity index (χ2n) is 10.7. The second kappa shape index (κ2) is 17.4. The first kappa shape index (κ1) is 34.5. The van der Waals surface area contributed by atoms with E-state index in [0.717, 1.165) is 29.0 Å². The van der Waals surface area contributed by atoms with Crippen LogP contribution in [0.2, 0.25) is 0 Å². The Kier molecular flexibility index (Phi) is 12.8. The molecule has 0 saturated carbocycles. The summed E-state index contributed by atoms with van der Waals surface area (Å²) in [4.78, 5) is 53.9. The Labute approximate surface area is 279 Å². The molecule has 47 heavy (non-hydrogen) atoms. The maximum atomic E-state index is 13.5.